The molecule has 0 bridgehead atoms. The van der Waals surface area contributed by atoms with Gasteiger partial charge in [0.2, 0.25) is 5.82 Å². The molecule has 2 aromatic heterocycles. The molecule has 0 aromatic carbocycles. The molecule has 2 rings (SSSR count). The zero-order valence-corrected chi connectivity index (χ0v) is 11.1. The molecule has 2 N–H and O–H groups in total. The molecule has 2 heterocycles. The molecule has 0 aliphatic rings. The minimum atomic E-state index is -0.281. The highest BCUT2D eigenvalue weighted by molar-refractivity contribution is 7.09. The quantitative estimate of drug-likeness (QED) is 0.862. The van der Waals surface area contributed by atoms with Gasteiger partial charge < -0.3 is 5.32 Å². The van der Waals surface area contributed by atoms with E-state index in [1.54, 1.807) is 6.20 Å². The second kappa shape index (κ2) is 5.72. The van der Waals surface area contributed by atoms with Gasteiger partial charge in [0.05, 0.1) is 6.04 Å². The normalized spacial score (nSPS) is 12.3. The Morgan fingerprint density at radius 3 is 3.11 bits per heavy atom. The van der Waals surface area contributed by atoms with Crippen molar-refractivity contribution in [2.45, 2.75) is 32.7 Å². The third kappa shape index (κ3) is 2.92. The molecule has 96 valence electrons. The zero-order valence-electron chi connectivity index (χ0n) is 10.3. The van der Waals surface area contributed by atoms with Crippen LogP contribution in [0.1, 0.15) is 47.8 Å². The van der Waals surface area contributed by atoms with E-state index >= 15 is 0 Å². The fourth-order valence-corrected chi connectivity index (χ4v) is 2.16. The van der Waals surface area contributed by atoms with Crippen LogP contribution in [0.2, 0.25) is 0 Å². The molecule has 6 nitrogen and oxygen atoms in total. The predicted octanol–water partition coefficient (Wildman–Crippen LogP) is 1.70. The van der Waals surface area contributed by atoms with E-state index in [1.165, 1.54) is 11.3 Å². The average Bonchev–Trinajstić information content (AvgIpc) is 3.00. The summed E-state index contributed by atoms with van der Waals surface area (Å²) in [5.41, 5.74) is 0. The molecule has 18 heavy (non-hydrogen) atoms. The van der Waals surface area contributed by atoms with Gasteiger partial charge >= 0.3 is 0 Å². The highest BCUT2D eigenvalue weighted by Crippen LogP contribution is 2.14. The van der Waals surface area contributed by atoms with Crippen molar-refractivity contribution in [3.63, 3.8) is 0 Å². The van der Waals surface area contributed by atoms with Gasteiger partial charge in [0.15, 0.2) is 0 Å². The standard InChI is InChI=1S/C11H15N5OS/c1-3-4-8-14-9(16-15-8)10(17)13-7(2)11-12-5-6-18-11/h5-7H,3-4H2,1-2H3,(H,13,17)(H,14,15,16). The second-order valence-electron chi connectivity index (χ2n) is 3.92. The molecule has 2 aromatic rings. The Kier molecular flexibility index (Phi) is 4.03. The summed E-state index contributed by atoms with van der Waals surface area (Å²) in [7, 11) is 0. The number of nitrogens with zero attached hydrogens (tertiary/aromatic N) is 3. The van der Waals surface area contributed by atoms with Gasteiger partial charge in [-0.15, -0.1) is 16.4 Å². The molecule has 0 fully saturated rings. The third-order valence-corrected chi connectivity index (χ3v) is 3.35. The van der Waals surface area contributed by atoms with E-state index < -0.39 is 0 Å². The van der Waals surface area contributed by atoms with Gasteiger partial charge in [0.1, 0.15) is 10.8 Å². The zero-order chi connectivity index (χ0) is 13.0. The van der Waals surface area contributed by atoms with Crippen molar-refractivity contribution in [1.29, 1.82) is 0 Å². The Hall–Kier alpha value is -1.76. The number of rotatable bonds is 5. The van der Waals surface area contributed by atoms with Gasteiger partial charge in [-0.2, -0.15) is 0 Å². The number of aromatic amines is 1. The van der Waals surface area contributed by atoms with Gasteiger partial charge in [0, 0.05) is 18.0 Å². The lowest BCUT2D eigenvalue weighted by molar-refractivity contribution is 0.0929. The van der Waals surface area contributed by atoms with Crippen LogP contribution in [0.25, 0.3) is 0 Å². The summed E-state index contributed by atoms with van der Waals surface area (Å²) in [6, 6.07) is -0.134. The number of carbonyl (C=O) groups is 1. The largest absolute Gasteiger partial charge is 0.340 e. The van der Waals surface area contributed by atoms with E-state index in [0.29, 0.717) is 0 Å². The summed E-state index contributed by atoms with van der Waals surface area (Å²) >= 11 is 1.51. The molecule has 7 heteroatoms. The third-order valence-electron chi connectivity index (χ3n) is 2.39. The maximum Gasteiger partial charge on any atom is 0.291 e. The van der Waals surface area contributed by atoms with E-state index in [4.69, 9.17) is 0 Å². The number of aromatic nitrogens is 4. The Bertz CT molecular complexity index is 507. The van der Waals surface area contributed by atoms with Crippen LogP contribution in [0.4, 0.5) is 0 Å². The first kappa shape index (κ1) is 12.7. The Morgan fingerprint density at radius 1 is 1.61 bits per heavy atom. The lowest BCUT2D eigenvalue weighted by Gasteiger charge is -2.08. The van der Waals surface area contributed by atoms with Crippen molar-refractivity contribution in [2.75, 3.05) is 0 Å². The van der Waals surface area contributed by atoms with Gasteiger partial charge in [0.25, 0.3) is 5.91 Å². The molecule has 0 aliphatic carbocycles. The van der Waals surface area contributed by atoms with Crippen LogP contribution in [0.5, 0.6) is 0 Å². The first-order valence-electron chi connectivity index (χ1n) is 5.82. The monoisotopic (exact) mass is 265 g/mol. The lowest BCUT2D eigenvalue weighted by Crippen LogP contribution is -2.27. The first-order valence-corrected chi connectivity index (χ1v) is 6.70. The number of carbonyl (C=O) groups excluding carboxylic acids is 1. The number of aryl methyl sites for hydroxylation is 1. The fraction of sp³-hybridized carbons (Fsp3) is 0.455. The molecular weight excluding hydrogens is 250 g/mol. The van der Waals surface area contributed by atoms with Gasteiger partial charge in [-0.25, -0.2) is 9.97 Å². The lowest BCUT2D eigenvalue weighted by atomic mass is 10.3. The van der Waals surface area contributed by atoms with E-state index in [0.717, 1.165) is 23.7 Å². The molecule has 0 radical (unpaired) electrons. The van der Waals surface area contributed by atoms with Crippen molar-refractivity contribution in [3.05, 3.63) is 28.2 Å². The van der Waals surface area contributed by atoms with Crippen LogP contribution in [0.15, 0.2) is 11.6 Å². The highest BCUT2D eigenvalue weighted by Gasteiger charge is 2.16. The minimum absolute atomic E-state index is 0.134. The van der Waals surface area contributed by atoms with Gasteiger partial charge in [-0.1, -0.05) is 6.92 Å². The predicted molar refractivity (Wildman–Crippen MR) is 68.4 cm³/mol. The minimum Gasteiger partial charge on any atom is -0.340 e. The molecule has 0 spiro atoms. The summed E-state index contributed by atoms with van der Waals surface area (Å²) in [4.78, 5) is 20.2. The Balaban J connectivity index is 1.98. The van der Waals surface area contributed by atoms with Crippen LogP contribution >= 0.6 is 11.3 Å². The summed E-state index contributed by atoms with van der Waals surface area (Å²) in [5.74, 6) is 0.641. The number of hydrogen-bond donors (Lipinski definition) is 2. The van der Waals surface area contributed by atoms with Crippen LogP contribution in [-0.2, 0) is 6.42 Å². The van der Waals surface area contributed by atoms with E-state index in [-0.39, 0.29) is 17.8 Å². The summed E-state index contributed by atoms with van der Waals surface area (Å²) < 4.78 is 0. The molecule has 0 saturated heterocycles. The van der Waals surface area contributed by atoms with Crippen molar-refractivity contribution in [2.24, 2.45) is 0 Å². The number of amides is 1. The second-order valence-corrected chi connectivity index (χ2v) is 4.85. The smallest absolute Gasteiger partial charge is 0.291 e. The number of H-pyrrole nitrogens is 1. The van der Waals surface area contributed by atoms with Crippen molar-refractivity contribution >= 4 is 17.2 Å². The summed E-state index contributed by atoms with van der Waals surface area (Å²) in [5, 5.41) is 12.2. The maximum absolute atomic E-state index is 11.9. The molecule has 0 saturated carbocycles. The van der Waals surface area contributed by atoms with E-state index in [9.17, 15) is 4.79 Å². The fourth-order valence-electron chi connectivity index (χ4n) is 1.52. The van der Waals surface area contributed by atoms with Crippen LogP contribution in [0.3, 0.4) is 0 Å². The van der Waals surface area contributed by atoms with E-state index in [1.807, 2.05) is 19.2 Å². The topological polar surface area (TPSA) is 83.6 Å². The van der Waals surface area contributed by atoms with E-state index in [2.05, 4.69) is 25.5 Å². The maximum atomic E-state index is 11.9. The van der Waals surface area contributed by atoms with Crippen molar-refractivity contribution < 1.29 is 4.79 Å². The molecule has 1 amide bonds. The first-order chi connectivity index (χ1) is 8.70. The number of hydrogen-bond acceptors (Lipinski definition) is 5. The van der Waals surface area contributed by atoms with Gasteiger partial charge in [-0.3, -0.25) is 9.89 Å². The van der Waals surface area contributed by atoms with Crippen molar-refractivity contribution in [3.8, 4) is 0 Å². The number of nitrogens with one attached hydrogen (secondary N) is 2. The van der Waals surface area contributed by atoms with Crippen LogP contribution in [0, 0.1) is 0 Å². The van der Waals surface area contributed by atoms with Gasteiger partial charge in [-0.05, 0) is 13.3 Å². The van der Waals surface area contributed by atoms with Crippen molar-refractivity contribution in [1.82, 2.24) is 25.5 Å². The SMILES string of the molecule is CCCc1nc(C(=O)NC(C)c2nccs2)n[nH]1. The Labute approximate surface area is 109 Å². The average molecular weight is 265 g/mol. The number of thiazole rings is 1. The highest BCUT2D eigenvalue weighted by atomic mass is 32.1. The molecular formula is C11H15N5OS. The molecule has 0 aliphatic heterocycles. The Morgan fingerprint density at radius 2 is 2.44 bits per heavy atom. The van der Waals surface area contributed by atoms with Crippen LogP contribution < -0.4 is 5.32 Å². The molecule has 1 unspecified atom stereocenters. The van der Waals surface area contributed by atoms with Crippen LogP contribution in [-0.4, -0.2) is 26.1 Å². The molecule has 1 atom stereocenters. The summed E-state index contributed by atoms with van der Waals surface area (Å²) in [6.45, 7) is 3.93. The summed E-state index contributed by atoms with van der Waals surface area (Å²) in [6.07, 6.45) is 3.48.